The van der Waals surface area contributed by atoms with Crippen molar-refractivity contribution < 1.29 is 13.9 Å². The Labute approximate surface area is 116 Å². The van der Waals surface area contributed by atoms with Gasteiger partial charge in [-0.05, 0) is 24.3 Å². The van der Waals surface area contributed by atoms with Crippen LogP contribution in [0.3, 0.4) is 0 Å². The Hall–Kier alpha value is -2.43. The number of hydrogen-bond acceptors (Lipinski definition) is 4. The zero-order valence-corrected chi connectivity index (χ0v) is 11.0. The van der Waals surface area contributed by atoms with E-state index in [1.807, 2.05) is 24.3 Å². The van der Waals surface area contributed by atoms with Crippen LogP contribution < -0.4 is 15.4 Å². The molecule has 0 fully saturated rings. The molecule has 0 unspecified atom stereocenters. The first kappa shape index (κ1) is 12.6. The summed E-state index contributed by atoms with van der Waals surface area (Å²) in [5, 5.41) is 6.10. The Bertz CT molecular complexity index is 593. The summed E-state index contributed by atoms with van der Waals surface area (Å²) in [6.07, 6.45) is 2.30. The molecular weight excluding hydrogens is 256 g/mol. The fourth-order valence-electron chi connectivity index (χ4n) is 2.20. The molecule has 3 rings (SSSR count). The van der Waals surface area contributed by atoms with E-state index < -0.39 is 0 Å². The largest absolute Gasteiger partial charge is 0.489 e. The molecule has 0 radical (unpaired) electrons. The van der Waals surface area contributed by atoms with Crippen LogP contribution in [-0.2, 0) is 6.42 Å². The first-order chi connectivity index (χ1) is 9.84. The summed E-state index contributed by atoms with van der Waals surface area (Å²) in [5.41, 5.74) is 1.43. The molecule has 2 N–H and O–H groups in total. The smallest absolute Gasteiger partial charge is 0.255 e. The zero-order valence-electron chi connectivity index (χ0n) is 11.0. The number of nitrogens with one attached hydrogen (secondary N) is 2. The van der Waals surface area contributed by atoms with Crippen molar-refractivity contribution in [1.82, 2.24) is 5.32 Å². The highest BCUT2D eigenvalue weighted by atomic mass is 16.5. The van der Waals surface area contributed by atoms with Crippen molar-refractivity contribution in [3.63, 3.8) is 0 Å². The molecule has 0 saturated carbocycles. The second-order valence-electron chi connectivity index (χ2n) is 4.54. The molecule has 5 nitrogen and oxygen atoms in total. The van der Waals surface area contributed by atoms with Crippen LogP contribution in [0, 0.1) is 0 Å². The Morgan fingerprint density at radius 2 is 2.25 bits per heavy atom. The lowest BCUT2D eigenvalue weighted by molar-refractivity contribution is 0.0949. The molecule has 1 aliphatic rings. The number of ether oxygens (including phenoxy) is 1. The van der Waals surface area contributed by atoms with E-state index in [1.165, 1.54) is 0 Å². The number of rotatable bonds is 4. The fourth-order valence-corrected chi connectivity index (χ4v) is 2.20. The summed E-state index contributed by atoms with van der Waals surface area (Å²) in [7, 11) is 0. The van der Waals surface area contributed by atoms with Gasteiger partial charge in [-0.2, -0.15) is 0 Å². The Kier molecular flexibility index (Phi) is 3.58. The average molecular weight is 272 g/mol. The molecular formula is C15H16N2O3. The maximum atomic E-state index is 12.2. The van der Waals surface area contributed by atoms with Crippen LogP contribution in [0.2, 0.25) is 0 Å². The number of amides is 1. The maximum Gasteiger partial charge on any atom is 0.255 e. The number of para-hydroxylation sites is 1. The lowest BCUT2D eigenvalue weighted by Crippen LogP contribution is -2.28. The molecule has 5 heteroatoms. The molecule has 0 saturated heterocycles. The summed E-state index contributed by atoms with van der Waals surface area (Å²) < 4.78 is 10.8. The minimum atomic E-state index is -0.128. The zero-order chi connectivity index (χ0) is 13.8. The summed E-state index contributed by atoms with van der Waals surface area (Å²) in [4.78, 5) is 12.2. The first-order valence-corrected chi connectivity index (χ1v) is 6.65. The summed E-state index contributed by atoms with van der Waals surface area (Å²) in [6, 6.07) is 9.26. The van der Waals surface area contributed by atoms with Crippen LogP contribution in [0.5, 0.6) is 5.75 Å². The fraction of sp³-hybridized carbons (Fsp3) is 0.267. The van der Waals surface area contributed by atoms with Gasteiger partial charge in [-0.3, -0.25) is 4.79 Å². The number of carbonyl (C=O) groups is 1. The van der Waals surface area contributed by atoms with Gasteiger partial charge in [0.1, 0.15) is 12.4 Å². The van der Waals surface area contributed by atoms with E-state index in [2.05, 4.69) is 10.6 Å². The molecule has 0 atom stereocenters. The summed E-state index contributed by atoms with van der Waals surface area (Å²) >= 11 is 0. The molecule has 0 bridgehead atoms. The SMILES string of the molecule is O=C(NCCc1ccco1)c1cccc2c1OCCN2. The normalized spacial score (nSPS) is 13.0. The van der Waals surface area contributed by atoms with Crippen LogP contribution in [0.1, 0.15) is 16.1 Å². The number of fused-ring (bicyclic) bond motifs is 1. The molecule has 0 aliphatic carbocycles. The monoisotopic (exact) mass is 272 g/mol. The van der Waals surface area contributed by atoms with Crippen molar-refractivity contribution >= 4 is 11.6 Å². The third-order valence-electron chi connectivity index (χ3n) is 3.16. The van der Waals surface area contributed by atoms with Crippen LogP contribution >= 0.6 is 0 Å². The van der Waals surface area contributed by atoms with Crippen molar-refractivity contribution in [2.45, 2.75) is 6.42 Å². The van der Waals surface area contributed by atoms with Gasteiger partial charge in [0, 0.05) is 19.5 Å². The second-order valence-corrected chi connectivity index (χ2v) is 4.54. The third-order valence-corrected chi connectivity index (χ3v) is 3.16. The Morgan fingerprint density at radius 1 is 1.30 bits per heavy atom. The number of benzene rings is 1. The predicted octanol–water partition coefficient (Wildman–Crippen LogP) is 2.06. The first-order valence-electron chi connectivity index (χ1n) is 6.65. The van der Waals surface area contributed by atoms with Crippen molar-refractivity contribution in [3.05, 3.63) is 47.9 Å². The molecule has 1 aliphatic heterocycles. The van der Waals surface area contributed by atoms with Crippen LogP contribution in [0.4, 0.5) is 5.69 Å². The summed E-state index contributed by atoms with van der Waals surface area (Å²) in [5.74, 6) is 1.37. The third kappa shape index (κ3) is 2.61. The van der Waals surface area contributed by atoms with Crippen molar-refractivity contribution in [3.8, 4) is 5.75 Å². The highest BCUT2D eigenvalue weighted by molar-refractivity contribution is 5.98. The highest BCUT2D eigenvalue weighted by Crippen LogP contribution is 2.30. The summed E-state index contributed by atoms with van der Waals surface area (Å²) in [6.45, 7) is 1.86. The van der Waals surface area contributed by atoms with Gasteiger partial charge in [0.2, 0.25) is 0 Å². The number of carbonyl (C=O) groups excluding carboxylic acids is 1. The van der Waals surface area contributed by atoms with Gasteiger partial charge in [-0.15, -0.1) is 0 Å². The van der Waals surface area contributed by atoms with Gasteiger partial charge < -0.3 is 19.8 Å². The van der Waals surface area contributed by atoms with Crippen LogP contribution in [0.25, 0.3) is 0 Å². The van der Waals surface area contributed by atoms with Crippen LogP contribution in [0.15, 0.2) is 41.0 Å². The van der Waals surface area contributed by atoms with E-state index in [0.717, 1.165) is 18.0 Å². The Morgan fingerprint density at radius 3 is 3.10 bits per heavy atom. The maximum absolute atomic E-state index is 12.2. The van der Waals surface area contributed by atoms with Gasteiger partial charge in [-0.1, -0.05) is 6.07 Å². The predicted molar refractivity (Wildman–Crippen MR) is 75.2 cm³/mol. The van der Waals surface area contributed by atoms with E-state index in [4.69, 9.17) is 9.15 Å². The minimum absolute atomic E-state index is 0.128. The van der Waals surface area contributed by atoms with Crippen molar-refractivity contribution in [2.24, 2.45) is 0 Å². The van der Waals surface area contributed by atoms with Gasteiger partial charge in [0.15, 0.2) is 5.75 Å². The van der Waals surface area contributed by atoms with Gasteiger partial charge in [0.25, 0.3) is 5.91 Å². The molecule has 1 aromatic carbocycles. The standard InChI is InChI=1S/C15H16N2O3/c18-15(17-7-6-11-3-2-9-19-11)12-4-1-5-13-14(12)20-10-8-16-13/h1-5,9,16H,6-8,10H2,(H,17,18). The van der Waals surface area contributed by atoms with Crippen molar-refractivity contribution in [2.75, 3.05) is 25.0 Å². The topological polar surface area (TPSA) is 63.5 Å². The van der Waals surface area contributed by atoms with Crippen molar-refractivity contribution in [1.29, 1.82) is 0 Å². The number of anilines is 1. The number of hydrogen-bond donors (Lipinski definition) is 2. The van der Waals surface area contributed by atoms with E-state index in [1.54, 1.807) is 12.3 Å². The quantitative estimate of drug-likeness (QED) is 0.894. The molecule has 20 heavy (non-hydrogen) atoms. The lowest BCUT2D eigenvalue weighted by atomic mass is 10.1. The Balaban J connectivity index is 1.65. The molecule has 104 valence electrons. The molecule has 1 aromatic heterocycles. The van der Waals surface area contributed by atoms with Crippen LogP contribution in [-0.4, -0.2) is 25.6 Å². The molecule has 2 aromatic rings. The second kappa shape index (κ2) is 5.69. The molecule has 2 heterocycles. The average Bonchev–Trinajstić information content (AvgIpc) is 3.00. The van der Waals surface area contributed by atoms with E-state index in [0.29, 0.717) is 30.9 Å². The van der Waals surface area contributed by atoms with E-state index in [-0.39, 0.29) is 5.91 Å². The minimum Gasteiger partial charge on any atom is -0.489 e. The van der Waals surface area contributed by atoms with E-state index in [9.17, 15) is 4.79 Å². The molecule has 0 spiro atoms. The van der Waals surface area contributed by atoms with Gasteiger partial charge in [0.05, 0.1) is 17.5 Å². The highest BCUT2D eigenvalue weighted by Gasteiger charge is 2.18. The number of furan rings is 1. The lowest BCUT2D eigenvalue weighted by Gasteiger charge is -2.21. The van der Waals surface area contributed by atoms with E-state index >= 15 is 0 Å². The van der Waals surface area contributed by atoms with Gasteiger partial charge >= 0.3 is 0 Å². The van der Waals surface area contributed by atoms with Gasteiger partial charge in [-0.25, -0.2) is 0 Å². The molecule has 1 amide bonds.